The molecule has 13 rings (SSSR count). The van der Waals surface area contributed by atoms with Gasteiger partial charge in [0, 0.05) is 53.4 Å². The van der Waals surface area contributed by atoms with E-state index >= 15 is 0 Å². The molecule has 0 bridgehead atoms. The van der Waals surface area contributed by atoms with E-state index in [0.29, 0.717) is 5.95 Å². The van der Waals surface area contributed by atoms with Crippen molar-refractivity contribution in [3.05, 3.63) is 223 Å². The first-order valence-electron chi connectivity index (χ1n) is 20.9. The number of thiophene rings is 1. The largest absolute Gasteiger partial charge is 0.277 e. The van der Waals surface area contributed by atoms with Gasteiger partial charge in [-0.25, -0.2) is 9.97 Å². The van der Waals surface area contributed by atoms with Crippen molar-refractivity contribution in [2.24, 2.45) is 0 Å². The summed E-state index contributed by atoms with van der Waals surface area (Å²) in [6, 6.07) is 74.7. The Bertz CT molecular complexity index is 3690. The van der Waals surface area contributed by atoms with Crippen LogP contribution in [-0.2, 0) is 0 Å². The molecule has 12 aromatic rings. The fourth-order valence-corrected chi connectivity index (χ4v) is 11.2. The number of aromatic nitrogens is 3. The summed E-state index contributed by atoms with van der Waals surface area (Å²) >= 11 is 1.87. The van der Waals surface area contributed by atoms with Crippen LogP contribution in [0.2, 0.25) is 0 Å². The predicted molar refractivity (Wildman–Crippen MR) is 256 cm³/mol. The molecule has 1 atom stereocenters. The summed E-state index contributed by atoms with van der Waals surface area (Å²) in [4.78, 5) is 11.1. The van der Waals surface area contributed by atoms with Gasteiger partial charge in [-0.3, -0.25) is 4.57 Å². The van der Waals surface area contributed by atoms with Crippen molar-refractivity contribution in [3.8, 4) is 50.7 Å². The van der Waals surface area contributed by atoms with Crippen LogP contribution in [0.15, 0.2) is 206 Å². The van der Waals surface area contributed by atoms with E-state index in [9.17, 15) is 0 Å². The van der Waals surface area contributed by atoms with Crippen molar-refractivity contribution < 1.29 is 0 Å². The second-order valence-electron chi connectivity index (χ2n) is 16.0. The van der Waals surface area contributed by atoms with Gasteiger partial charge >= 0.3 is 0 Å². The second kappa shape index (κ2) is 13.4. The minimum Gasteiger partial charge on any atom is -0.277 e. The fourth-order valence-electron chi connectivity index (χ4n) is 9.99. The van der Waals surface area contributed by atoms with Gasteiger partial charge in [-0.2, -0.15) is 0 Å². The molecular formula is C57H35N3S. The van der Waals surface area contributed by atoms with Crippen molar-refractivity contribution in [1.82, 2.24) is 14.5 Å². The molecule has 0 fully saturated rings. The molecule has 0 N–H and O–H groups in total. The summed E-state index contributed by atoms with van der Waals surface area (Å²) in [5, 5.41) is 7.43. The highest BCUT2D eigenvalue weighted by Crippen LogP contribution is 2.50. The molecule has 61 heavy (non-hydrogen) atoms. The van der Waals surface area contributed by atoms with Crippen LogP contribution in [0.4, 0.5) is 0 Å². The molecule has 3 aromatic heterocycles. The summed E-state index contributed by atoms with van der Waals surface area (Å²) in [5.74, 6) is 0.831. The zero-order valence-electron chi connectivity index (χ0n) is 33.0. The third-order valence-corrected chi connectivity index (χ3v) is 13.9. The van der Waals surface area contributed by atoms with Gasteiger partial charge < -0.3 is 0 Å². The molecule has 0 amide bonds. The summed E-state index contributed by atoms with van der Waals surface area (Å²) in [6.45, 7) is 0. The van der Waals surface area contributed by atoms with Crippen molar-refractivity contribution in [3.63, 3.8) is 0 Å². The van der Waals surface area contributed by atoms with Gasteiger partial charge in [-0.1, -0.05) is 182 Å². The van der Waals surface area contributed by atoms with Crippen molar-refractivity contribution in [2.75, 3.05) is 0 Å². The maximum absolute atomic E-state index is 5.60. The third-order valence-electron chi connectivity index (χ3n) is 12.7. The van der Waals surface area contributed by atoms with Crippen LogP contribution >= 0.6 is 11.3 Å². The number of para-hydroxylation sites is 1. The van der Waals surface area contributed by atoms with E-state index in [-0.39, 0.29) is 5.92 Å². The van der Waals surface area contributed by atoms with E-state index in [2.05, 4.69) is 211 Å². The lowest BCUT2D eigenvalue weighted by atomic mass is 9.89. The lowest BCUT2D eigenvalue weighted by Gasteiger charge is -2.15. The third kappa shape index (κ3) is 5.22. The molecule has 4 heteroatoms. The SMILES string of the molecule is c1ccc(-c2ccc(-c3cc(-c4ccc5c(c4)-c4ccccc4C5c4ccccc4)nc(-n4c5ccccc5c5c6ccccc6c6sc7ccccc7c6c54)n3)cc2)cc1. The average Bonchev–Trinajstić information content (AvgIpc) is 4.00. The molecule has 0 saturated heterocycles. The Morgan fingerprint density at radius 2 is 1.00 bits per heavy atom. The topological polar surface area (TPSA) is 30.7 Å². The highest BCUT2D eigenvalue weighted by molar-refractivity contribution is 7.27. The second-order valence-corrected chi connectivity index (χ2v) is 17.1. The molecule has 284 valence electrons. The Balaban J connectivity index is 1.10. The molecule has 0 saturated carbocycles. The van der Waals surface area contributed by atoms with Crippen molar-refractivity contribution in [2.45, 2.75) is 5.92 Å². The van der Waals surface area contributed by atoms with E-state index in [4.69, 9.17) is 9.97 Å². The van der Waals surface area contributed by atoms with E-state index in [1.54, 1.807) is 0 Å². The monoisotopic (exact) mass is 793 g/mol. The predicted octanol–water partition coefficient (Wildman–Crippen LogP) is 15.3. The average molecular weight is 794 g/mol. The zero-order valence-corrected chi connectivity index (χ0v) is 33.8. The van der Waals surface area contributed by atoms with Crippen LogP contribution in [0.25, 0.3) is 103 Å². The van der Waals surface area contributed by atoms with Crippen LogP contribution in [-0.4, -0.2) is 14.5 Å². The number of hydrogen-bond acceptors (Lipinski definition) is 3. The van der Waals surface area contributed by atoms with Gasteiger partial charge in [0.1, 0.15) is 0 Å². The summed E-state index contributed by atoms with van der Waals surface area (Å²) in [5.41, 5.74) is 14.9. The van der Waals surface area contributed by atoms with Crippen molar-refractivity contribution in [1.29, 1.82) is 0 Å². The van der Waals surface area contributed by atoms with Gasteiger partial charge in [0.2, 0.25) is 5.95 Å². The van der Waals surface area contributed by atoms with Crippen molar-refractivity contribution >= 4 is 64.1 Å². The normalized spacial score (nSPS) is 13.4. The molecule has 1 aliphatic carbocycles. The summed E-state index contributed by atoms with van der Waals surface area (Å²) in [6.07, 6.45) is 0. The number of fused-ring (bicyclic) bond motifs is 13. The van der Waals surface area contributed by atoms with Crippen LogP contribution in [0.5, 0.6) is 0 Å². The van der Waals surface area contributed by atoms with Crippen LogP contribution in [0.3, 0.4) is 0 Å². The van der Waals surface area contributed by atoms with Gasteiger partial charge in [-0.15, -0.1) is 11.3 Å². The molecule has 1 aliphatic rings. The lowest BCUT2D eigenvalue weighted by Crippen LogP contribution is -2.04. The zero-order chi connectivity index (χ0) is 40.0. The Morgan fingerprint density at radius 1 is 0.410 bits per heavy atom. The lowest BCUT2D eigenvalue weighted by molar-refractivity contribution is 0.997. The van der Waals surface area contributed by atoms with E-state index in [1.807, 2.05) is 11.3 Å². The maximum atomic E-state index is 5.60. The molecule has 9 aromatic carbocycles. The minimum absolute atomic E-state index is 0.177. The Hall–Kier alpha value is -7.66. The Kier molecular flexibility index (Phi) is 7.54. The van der Waals surface area contributed by atoms with Gasteiger partial charge in [0.05, 0.1) is 22.4 Å². The first kappa shape index (κ1) is 34.2. The van der Waals surface area contributed by atoms with Gasteiger partial charge in [0.15, 0.2) is 0 Å². The molecule has 0 radical (unpaired) electrons. The molecule has 3 heterocycles. The summed E-state index contributed by atoms with van der Waals surface area (Å²) in [7, 11) is 0. The Labute approximate surface area is 356 Å². The molecule has 0 aliphatic heterocycles. The molecule has 0 spiro atoms. The summed E-state index contributed by atoms with van der Waals surface area (Å²) < 4.78 is 4.90. The molecule has 3 nitrogen and oxygen atoms in total. The number of nitrogens with zero attached hydrogens (tertiary/aromatic N) is 3. The van der Waals surface area contributed by atoms with E-state index < -0.39 is 0 Å². The highest BCUT2D eigenvalue weighted by atomic mass is 32.1. The fraction of sp³-hybridized carbons (Fsp3) is 0.0175. The van der Waals surface area contributed by atoms with Gasteiger partial charge in [0.25, 0.3) is 0 Å². The maximum Gasteiger partial charge on any atom is 0.235 e. The minimum atomic E-state index is 0.177. The van der Waals surface area contributed by atoms with Crippen LogP contribution in [0.1, 0.15) is 22.6 Å². The number of benzene rings is 9. The van der Waals surface area contributed by atoms with Crippen LogP contribution < -0.4 is 0 Å². The van der Waals surface area contributed by atoms with E-state index in [0.717, 1.165) is 33.5 Å². The quantitative estimate of drug-likeness (QED) is 0.174. The van der Waals surface area contributed by atoms with Crippen LogP contribution in [0, 0.1) is 0 Å². The smallest absolute Gasteiger partial charge is 0.235 e. The molecular weight excluding hydrogens is 759 g/mol. The first-order chi connectivity index (χ1) is 30.3. The standard InChI is InChI=1S/C57H35N3S/c1-3-15-35(16-4-1)36-27-29-37(30-28-36)48-34-49(39-31-32-43-47(33-39)40-19-7-8-20-41(40)52(43)38-17-5-2-6-18-38)59-57(58-48)60-50-25-13-11-23-45(50)53-42-21-9-10-22-44(42)56-54(55(53)60)46-24-12-14-26-51(46)61-56/h1-34,52H. The first-order valence-corrected chi connectivity index (χ1v) is 21.7. The number of hydrogen-bond donors (Lipinski definition) is 0. The highest BCUT2D eigenvalue weighted by Gasteiger charge is 2.30. The van der Waals surface area contributed by atoms with E-state index in [1.165, 1.54) is 80.7 Å². The number of rotatable bonds is 5. The van der Waals surface area contributed by atoms with Gasteiger partial charge in [-0.05, 0) is 68.6 Å². The molecule has 1 unspecified atom stereocenters. The Morgan fingerprint density at radius 3 is 1.82 bits per heavy atom.